The van der Waals surface area contributed by atoms with Crippen LogP contribution in [0.25, 0.3) is 0 Å². The minimum Gasteiger partial charge on any atom is -0.319 e. The van der Waals surface area contributed by atoms with Crippen LogP contribution < -0.4 is 5.32 Å². The zero-order chi connectivity index (χ0) is 14.5. The van der Waals surface area contributed by atoms with Crippen molar-refractivity contribution in [3.63, 3.8) is 0 Å². The monoisotopic (exact) mass is 333 g/mol. The molecular formula is C16H20BrN3. The molecule has 4 heteroatoms. The van der Waals surface area contributed by atoms with E-state index in [0.29, 0.717) is 0 Å². The molecule has 1 heterocycles. The summed E-state index contributed by atoms with van der Waals surface area (Å²) in [5.41, 5.74) is 4.67. The predicted molar refractivity (Wildman–Crippen MR) is 86.1 cm³/mol. The summed E-state index contributed by atoms with van der Waals surface area (Å²) < 4.78 is 1.09. The smallest absolute Gasteiger partial charge is 0.133 e. The zero-order valence-electron chi connectivity index (χ0n) is 12.2. The lowest BCUT2D eigenvalue weighted by atomic mass is 10.1. The van der Waals surface area contributed by atoms with Crippen molar-refractivity contribution in [1.29, 1.82) is 0 Å². The molecule has 0 unspecified atom stereocenters. The molecule has 0 bridgehead atoms. The molecule has 0 radical (unpaired) electrons. The number of hydrogen-bond donors (Lipinski definition) is 1. The lowest BCUT2D eigenvalue weighted by Gasteiger charge is -2.11. The first kappa shape index (κ1) is 15.1. The second-order valence-electron chi connectivity index (χ2n) is 4.95. The van der Waals surface area contributed by atoms with Crippen LogP contribution in [-0.4, -0.2) is 23.6 Å². The van der Waals surface area contributed by atoms with Crippen molar-refractivity contribution in [2.45, 2.75) is 26.7 Å². The van der Waals surface area contributed by atoms with Crippen LogP contribution in [0.4, 0.5) is 0 Å². The molecule has 2 rings (SSSR count). The number of nitrogens with zero attached hydrogens (tertiary/aromatic N) is 2. The molecule has 2 aromatic rings. The van der Waals surface area contributed by atoms with Crippen molar-refractivity contribution in [3.05, 3.63) is 57.1 Å². The molecule has 0 fully saturated rings. The Bertz CT molecular complexity index is 573. The average Bonchev–Trinajstić information content (AvgIpc) is 2.38. The van der Waals surface area contributed by atoms with Crippen molar-refractivity contribution in [2.24, 2.45) is 0 Å². The van der Waals surface area contributed by atoms with Crippen LogP contribution in [0.1, 0.15) is 28.3 Å². The number of hydrogen-bond acceptors (Lipinski definition) is 3. The molecule has 0 saturated carbocycles. The van der Waals surface area contributed by atoms with E-state index in [0.717, 1.165) is 41.1 Å². The highest BCUT2D eigenvalue weighted by atomic mass is 79.9. The second kappa shape index (κ2) is 6.95. The maximum absolute atomic E-state index is 4.66. The van der Waals surface area contributed by atoms with Crippen LogP contribution >= 0.6 is 15.9 Å². The average molecular weight is 334 g/mol. The molecule has 1 aromatic carbocycles. The van der Waals surface area contributed by atoms with Crippen LogP contribution in [0.2, 0.25) is 0 Å². The number of aromatic nitrogens is 2. The first-order valence-electron chi connectivity index (χ1n) is 6.82. The van der Waals surface area contributed by atoms with E-state index in [-0.39, 0.29) is 0 Å². The Hall–Kier alpha value is -1.26. The second-order valence-corrected chi connectivity index (χ2v) is 5.87. The van der Waals surface area contributed by atoms with Crippen molar-refractivity contribution < 1.29 is 0 Å². The lowest BCUT2D eigenvalue weighted by molar-refractivity contribution is 0.766. The predicted octanol–water partition coefficient (Wildman–Crippen LogP) is 3.21. The fourth-order valence-electron chi connectivity index (χ4n) is 2.33. The number of aryl methyl sites for hydroxylation is 2. The highest BCUT2D eigenvalue weighted by Crippen LogP contribution is 2.16. The van der Waals surface area contributed by atoms with Gasteiger partial charge in [-0.3, -0.25) is 0 Å². The van der Waals surface area contributed by atoms with E-state index in [1.165, 1.54) is 11.1 Å². The normalized spacial score (nSPS) is 10.8. The van der Waals surface area contributed by atoms with E-state index in [1.807, 2.05) is 19.2 Å². The van der Waals surface area contributed by atoms with Gasteiger partial charge in [0.25, 0.3) is 0 Å². The number of halogens is 1. The summed E-state index contributed by atoms with van der Waals surface area (Å²) in [6.45, 7) is 5.10. The van der Waals surface area contributed by atoms with Gasteiger partial charge in [-0.25, -0.2) is 9.97 Å². The summed E-state index contributed by atoms with van der Waals surface area (Å²) in [6, 6.07) is 8.29. The van der Waals surface area contributed by atoms with E-state index in [4.69, 9.17) is 0 Å². The summed E-state index contributed by atoms with van der Waals surface area (Å²) in [5, 5.41) is 3.17. The van der Waals surface area contributed by atoms with Gasteiger partial charge in [-0.1, -0.05) is 28.1 Å². The first-order chi connectivity index (χ1) is 9.60. The first-order valence-corrected chi connectivity index (χ1v) is 7.61. The van der Waals surface area contributed by atoms with Crippen LogP contribution in [0, 0.1) is 13.8 Å². The Labute approximate surface area is 129 Å². The highest BCUT2D eigenvalue weighted by Gasteiger charge is 2.08. The van der Waals surface area contributed by atoms with E-state index in [1.54, 1.807) is 0 Å². The molecule has 106 valence electrons. The van der Waals surface area contributed by atoms with Crippen molar-refractivity contribution in [1.82, 2.24) is 15.3 Å². The third-order valence-corrected chi connectivity index (χ3v) is 3.84. The van der Waals surface area contributed by atoms with Gasteiger partial charge >= 0.3 is 0 Å². The summed E-state index contributed by atoms with van der Waals surface area (Å²) in [7, 11) is 1.97. The fourth-order valence-corrected chi connectivity index (χ4v) is 2.78. The summed E-state index contributed by atoms with van der Waals surface area (Å²) in [5.74, 6) is 0.895. The van der Waals surface area contributed by atoms with Gasteiger partial charge in [-0.05, 0) is 57.1 Å². The maximum atomic E-state index is 4.66. The minimum atomic E-state index is 0.771. The standard InChI is InChI=1S/C16H20BrN3/c1-11-15(7-8-18-3)12(2)20-16(19-11)10-13-5-4-6-14(17)9-13/h4-6,9,18H,7-8,10H2,1-3H3. The number of rotatable bonds is 5. The molecule has 0 amide bonds. The SMILES string of the molecule is CNCCc1c(C)nc(Cc2cccc(Br)c2)nc1C. The van der Waals surface area contributed by atoms with Crippen molar-refractivity contribution in [2.75, 3.05) is 13.6 Å². The molecule has 0 saturated heterocycles. The lowest BCUT2D eigenvalue weighted by Crippen LogP contribution is -2.14. The maximum Gasteiger partial charge on any atom is 0.133 e. The molecule has 0 aliphatic carbocycles. The Balaban J connectivity index is 2.21. The fraction of sp³-hybridized carbons (Fsp3) is 0.375. The quantitative estimate of drug-likeness (QED) is 0.912. The van der Waals surface area contributed by atoms with Crippen LogP contribution in [0.15, 0.2) is 28.7 Å². The van der Waals surface area contributed by atoms with Gasteiger partial charge in [0, 0.05) is 22.3 Å². The molecule has 0 aliphatic rings. The Morgan fingerprint density at radius 2 is 1.85 bits per heavy atom. The summed E-state index contributed by atoms with van der Waals surface area (Å²) in [6.07, 6.45) is 1.75. The van der Waals surface area contributed by atoms with E-state index >= 15 is 0 Å². The molecule has 0 atom stereocenters. The van der Waals surface area contributed by atoms with Gasteiger partial charge in [0.1, 0.15) is 5.82 Å². The van der Waals surface area contributed by atoms with Gasteiger partial charge in [-0.2, -0.15) is 0 Å². The van der Waals surface area contributed by atoms with Crippen molar-refractivity contribution in [3.8, 4) is 0 Å². The number of nitrogens with one attached hydrogen (secondary N) is 1. The summed E-state index contributed by atoms with van der Waals surface area (Å²) in [4.78, 5) is 9.32. The molecule has 0 spiro atoms. The Morgan fingerprint density at radius 3 is 2.45 bits per heavy atom. The molecule has 20 heavy (non-hydrogen) atoms. The van der Waals surface area contributed by atoms with Crippen LogP contribution in [0.5, 0.6) is 0 Å². The van der Waals surface area contributed by atoms with Crippen molar-refractivity contribution >= 4 is 15.9 Å². The molecule has 1 N–H and O–H groups in total. The molecule has 3 nitrogen and oxygen atoms in total. The molecule has 0 aliphatic heterocycles. The third kappa shape index (κ3) is 3.87. The van der Waals surface area contributed by atoms with Gasteiger partial charge in [0.15, 0.2) is 0 Å². The third-order valence-electron chi connectivity index (χ3n) is 3.34. The minimum absolute atomic E-state index is 0.771. The van der Waals surface area contributed by atoms with Crippen LogP contribution in [0.3, 0.4) is 0 Å². The highest BCUT2D eigenvalue weighted by molar-refractivity contribution is 9.10. The largest absolute Gasteiger partial charge is 0.319 e. The Kier molecular flexibility index (Phi) is 5.26. The summed E-state index contributed by atoms with van der Waals surface area (Å²) >= 11 is 3.50. The van der Waals surface area contributed by atoms with E-state index in [2.05, 4.69) is 57.2 Å². The van der Waals surface area contributed by atoms with Gasteiger partial charge < -0.3 is 5.32 Å². The zero-order valence-corrected chi connectivity index (χ0v) is 13.8. The van der Waals surface area contributed by atoms with E-state index in [9.17, 15) is 0 Å². The van der Waals surface area contributed by atoms with Gasteiger partial charge in [0.2, 0.25) is 0 Å². The van der Waals surface area contributed by atoms with E-state index < -0.39 is 0 Å². The number of benzene rings is 1. The topological polar surface area (TPSA) is 37.8 Å². The van der Waals surface area contributed by atoms with Crippen LogP contribution in [-0.2, 0) is 12.8 Å². The number of likely N-dealkylation sites (N-methyl/N-ethyl adjacent to an activating group) is 1. The molecular weight excluding hydrogens is 314 g/mol. The molecule has 1 aromatic heterocycles. The van der Waals surface area contributed by atoms with Gasteiger partial charge in [0.05, 0.1) is 0 Å². The Morgan fingerprint density at radius 1 is 1.15 bits per heavy atom. The van der Waals surface area contributed by atoms with Gasteiger partial charge in [-0.15, -0.1) is 0 Å².